The van der Waals surface area contributed by atoms with E-state index in [1.165, 1.54) is 120 Å². The van der Waals surface area contributed by atoms with E-state index in [0.29, 0.717) is 0 Å². The van der Waals surface area contributed by atoms with E-state index in [2.05, 4.69) is 236 Å². The lowest BCUT2D eigenvalue weighted by molar-refractivity contribution is 0.0977. The summed E-state index contributed by atoms with van der Waals surface area (Å²) >= 11 is 0. The first-order chi connectivity index (χ1) is 30.6. The van der Waals surface area contributed by atoms with Crippen LogP contribution in [0.15, 0.2) is 194 Å². The molecule has 0 saturated carbocycles. The van der Waals surface area contributed by atoms with Crippen molar-refractivity contribution in [2.75, 3.05) is 0 Å². The number of hydrogen-bond donors (Lipinski definition) is 0. The minimum Gasteiger partial charge on any atom is -0.0622 e. The molecule has 0 saturated heterocycles. The summed E-state index contributed by atoms with van der Waals surface area (Å²) in [5, 5.41) is 15.6. The van der Waals surface area contributed by atoms with Crippen molar-refractivity contribution >= 4 is 64.6 Å². The van der Waals surface area contributed by atoms with E-state index in [0.717, 1.165) is 0 Å². The van der Waals surface area contributed by atoms with Crippen molar-refractivity contribution in [2.45, 2.75) is 47.0 Å². The molecular formula is C63H50. The Bertz CT molecular complexity index is 3610. The summed E-state index contributed by atoms with van der Waals surface area (Å²) in [6.45, 7) is 14.9. The zero-order chi connectivity index (χ0) is 42.8. The van der Waals surface area contributed by atoms with Crippen LogP contribution in [0.1, 0.15) is 52.7 Å². The molecule has 12 rings (SSSR count). The molecule has 0 atom stereocenters. The monoisotopic (exact) mass is 806 g/mol. The van der Waals surface area contributed by atoms with Gasteiger partial charge in [-0.2, -0.15) is 0 Å². The van der Waals surface area contributed by atoms with Crippen LogP contribution in [0.5, 0.6) is 0 Å². The van der Waals surface area contributed by atoms with E-state index in [9.17, 15) is 0 Å². The lowest BCUT2D eigenvalue weighted by Crippen LogP contribution is -2.50. The summed E-state index contributed by atoms with van der Waals surface area (Å²) in [5.41, 5.74) is 12.7. The van der Waals surface area contributed by atoms with Crippen molar-refractivity contribution in [3.05, 3.63) is 205 Å². The van der Waals surface area contributed by atoms with Gasteiger partial charge in [0.2, 0.25) is 0 Å². The topological polar surface area (TPSA) is 0 Å². The van der Waals surface area contributed by atoms with Crippen molar-refractivity contribution in [3.8, 4) is 44.5 Å². The van der Waals surface area contributed by atoms with E-state index in [1.54, 1.807) is 0 Å². The Morgan fingerprint density at radius 2 is 0.587 bits per heavy atom. The minimum absolute atomic E-state index is 0.138. The van der Waals surface area contributed by atoms with Gasteiger partial charge in [0.1, 0.15) is 0 Å². The molecule has 0 radical (unpaired) electrons. The molecule has 0 fully saturated rings. The van der Waals surface area contributed by atoms with Crippen molar-refractivity contribution in [2.24, 2.45) is 10.8 Å². The molecule has 0 aliphatic heterocycles. The van der Waals surface area contributed by atoms with E-state index in [-0.39, 0.29) is 16.2 Å². The van der Waals surface area contributed by atoms with Crippen LogP contribution in [0, 0.1) is 10.8 Å². The van der Waals surface area contributed by atoms with Gasteiger partial charge in [-0.1, -0.05) is 230 Å². The summed E-state index contributed by atoms with van der Waals surface area (Å²) in [6, 6.07) is 73.2. The second kappa shape index (κ2) is 13.5. The molecule has 0 spiro atoms. The molecule has 11 aromatic rings. The van der Waals surface area contributed by atoms with Crippen LogP contribution >= 0.6 is 0 Å². The quantitative estimate of drug-likeness (QED) is 0.123. The lowest BCUT2D eigenvalue weighted by Gasteiger charge is -2.54. The number of fused-ring (bicyclic) bond motifs is 13. The maximum absolute atomic E-state index is 2.62. The fraction of sp³-hybridized carbons (Fsp3) is 0.143. The van der Waals surface area contributed by atoms with E-state index >= 15 is 0 Å². The first-order valence-corrected chi connectivity index (χ1v) is 22.6. The van der Waals surface area contributed by atoms with Gasteiger partial charge in [-0.15, -0.1) is 0 Å². The summed E-state index contributed by atoms with van der Waals surface area (Å²) in [7, 11) is 0. The molecule has 0 nitrogen and oxygen atoms in total. The predicted molar refractivity (Wildman–Crippen MR) is 273 cm³/mol. The van der Waals surface area contributed by atoms with Gasteiger partial charge in [0, 0.05) is 5.41 Å². The molecule has 1 aliphatic rings. The van der Waals surface area contributed by atoms with Gasteiger partial charge in [-0.05, 0) is 137 Å². The first-order valence-electron chi connectivity index (χ1n) is 22.6. The zero-order valence-corrected chi connectivity index (χ0v) is 37.0. The first kappa shape index (κ1) is 37.7. The van der Waals surface area contributed by atoms with E-state index in [1.807, 2.05) is 0 Å². The normalized spacial score (nSPS) is 13.7. The molecule has 302 valence electrons. The van der Waals surface area contributed by atoms with Crippen molar-refractivity contribution in [3.63, 3.8) is 0 Å². The molecule has 1 aliphatic carbocycles. The Morgan fingerprint density at radius 1 is 0.254 bits per heavy atom. The molecule has 0 heteroatoms. The van der Waals surface area contributed by atoms with Gasteiger partial charge in [0.15, 0.2) is 0 Å². The Kier molecular flexibility index (Phi) is 8.08. The van der Waals surface area contributed by atoms with Gasteiger partial charge in [0.05, 0.1) is 0 Å². The maximum Gasteiger partial charge on any atom is 0.0324 e. The van der Waals surface area contributed by atoms with Crippen LogP contribution in [0.4, 0.5) is 0 Å². The van der Waals surface area contributed by atoms with Crippen molar-refractivity contribution in [1.29, 1.82) is 0 Å². The second-order valence-electron chi connectivity index (χ2n) is 19.9. The van der Waals surface area contributed by atoms with Gasteiger partial charge in [0.25, 0.3) is 0 Å². The second-order valence-corrected chi connectivity index (χ2v) is 19.9. The Morgan fingerprint density at radius 3 is 1.08 bits per heavy atom. The van der Waals surface area contributed by atoms with E-state index < -0.39 is 0 Å². The summed E-state index contributed by atoms with van der Waals surface area (Å²) in [4.78, 5) is 0. The molecule has 0 N–H and O–H groups in total. The Labute approximate surface area is 370 Å². The van der Waals surface area contributed by atoms with E-state index in [4.69, 9.17) is 0 Å². The highest BCUT2D eigenvalue weighted by Gasteiger charge is 2.59. The average Bonchev–Trinajstić information content (AvgIpc) is 3.65. The number of hydrogen-bond acceptors (Lipinski definition) is 0. The van der Waals surface area contributed by atoms with Crippen LogP contribution in [0.25, 0.3) is 109 Å². The standard InChI is InChI=1S/C63H50/c1-61(2,3)63(62(4,5)6)59-52-34-20-14-28-45(52)54(38-55(59)58-46-29-15-12-26-43(46)44-27-13-21-35-53(44)60(58)63)57-49-32-18-16-30-47(49)56(48-31-17-19-33-50(48)57)51-37-36-40(39-22-8-7-9-23-39)41-24-10-11-25-42(41)51/h7-38H,1-6H3. The van der Waals surface area contributed by atoms with Crippen LogP contribution in [-0.4, -0.2) is 0 Å². The van der Waals surface area contributed by atoms with Gasteiger partial charge in [-0.25, -0.2) is 0 Å². The fourth-order valence-corrected chi connectivity index (χ4v) is 12.8. The summed E-state index contributed by atoms with van der Waals surface area (Å²) in [6.07, 6.45) is 0. The summed E-state index contributed by atoms with van der Waals surface area (Å²) in [5.74, 6) is 0. The minimum atomic E-state index is -0.326. The number of benzene rings is 11. The Hall–Kier alpha value is -7.02. The largest absolute Gasteiger partial charge is 0.0622 e. The smallest absolute Gasteiger partial charge is 0.0324 e. The van der Waals surface area contributed by atoms with Gasteiger partial charge < -0.3 is 0 Å². The molecule has 0 aromatic heterocycles. The third kappa shape index (κ3) is 5.10. The highest BCUT2D eigenvalue weighted by molar-refractivity contribution is 6.27. The number of rotatable bonds is 3. The third-order valence-corrected chi connectivity index (χ3v) is 14.7. The third-order valence-electron chi connectivity index (χ3n) is 14.7. The van der Waals surface area contributed by atoms with Crippen LogP contribution in [-0.2, 0) is 5.41 Å². The maximum atomic E-state index is 2.62. The Balaban J connectivity index is 1.25. The SMILES string of the molecule is CC(C)(C)C1(C(C)(C)C)c2c(cc(-c3c4ccccc4c(-c4ccc(-c5ccccc5)c5ccccc45)c4ccccc34)c3ccccc23)-c2c1c1ccccc1c1ccccc21. The molecule has 63 heavy (non-hydrogen) atoms. The van der Waals surface area contributed by atoms with Crippen LogP contribution in [0.2, 0.25) is 0 Å². The molecule has 0 heterocycles. The molecule has 0 bridgehead atoms. The molecule has 0 unspecified atom stereocenters. The summed E-state index contributed by atoms with van der Waals surface area (Å²) < 4.78 is 0. The van der Waals surface area contributed by atoms with Gasteiger partial charge >= 0.3 is 0 Å². The van der Waals surface area contributed by atoms with Crippen LogP contribution < -0.4 is 0 Å². The average molecular weight is 807 g/mol. The molecule has 0 amide bonds. The van der Waals surface area contributed by atoms with Crippen LogP contribution in [0.3, 0.4) is 0 Å². The van der Waals surface area contributed by atoms with Gasteiger partial charge in [-0.3, -0.25) is 0 Å². The van der Waals surface area contributed by atoms with Crippen molar-refractivity contribution < 1.29 is 0 Å². The van der Waals surface area contributed by atoms with Crippen molar-refractivity contribution in [1.82, 2.24) is 0 Å². The lowest BCUT2D eigenvalue weighted by atomic mass is 9.49. The zero-order valence-electron chi connectivity index (χ0n) is 37.0. The fourth-order valence-electron chi connectivity index (χ4n) is 12.8. The highest BCUT2D eigenvalue weighted by atomic mass is 14.6. The molecule has 11 aromatic carbocycles. The molecular weight excluding hydrogens is 757 g/mol. The predicted octanol–water partition coefficient (Wildman–Crippen LogP) is 18.0. The highest BCUT2D eigenvalue weighted by Crippen LogP contribution is 2.69.